The number of oxazole rings is 1. The van der Waals surface area contributed by atoms with Crippen molar-refractivity contribution in [1.82, 2.24) is 4.57 Å². The predicted octanol–water partition coefficient (Wildman–Crippen LogP) is 5.07. The molecule has 0 saturated heterocycles. The Morgan fingerprint density at radius 2 is 1.72 bits per heavy atom. The van der Waals surface area contributed by atoms with Crippen molar-refractivity contribution in [2.24, 2.45) is 0 Å². The second-order valence-corrected chi connectivity index (χ2v) is 6.75. The van der Waals surface area contributed by atoms with Crippen LogP contribution >= 0.6 is 11.6 Å². The third-order valence-electron chi connectivity index (χ3n) is 4.34. The molecule has 1 aromatic heterocycles. The molecule has 0 bridgehead atoms. The van der Waals surface area contributed by atoms with E-state index >= 15 is 0 Å². The van der Waals surface area contributed by atoms with Crippen LogP contribution < -0.4 is 15.8 Å². The first-order chi connectivity index (χ1) is 14.1. The van der Waals surface area contributed by atoms with Crippen molar-refractivity contribution in [3.05, 3.63) is 88.4 Å². The lowest BCUT2D eigenvalue weighted by Gasteiger charge is -2.09. The maximum Gasteiger partial charge on any atom is 0.419 e. The number of nitrogens with zero attached hydrogens (tertiary/aromatic N) is 1. The fourth-order valence-corrected chi connectivity index (χ4v) is 3.10. The molecule has 4 aromatic rings. The van der Waals surface area contributed by atoms with Gasteiger partial charge in [-0.1, -0.05) is 35.9 Å². The van der Waals surface area contributed by atoms with E-state index in [9.17, 15) is 9.59 Å². The van der Waals surface area contributed by atoms with E-state index in [4.69, 9.17) is 20.8 Å². The second kappa shape index (κ2) is 8.24. The zero-order valence-electron chi connectivity index (χ0n) is 15.3. The van der Waals surface area contributed by atoms with Gasteiger partial charge < -0.3 is 14.5 Å². The number of aryl methyl sites for hydroxylation is 1. The predicted molar refractivity (Wildman–Crippen MR) is 112 cm³/mol. The quantitative estimate of drug-likeness (QED) is 0.483. The number of ether oxygens (including phenoxy) is 1. The summed E-state index contributed by atoms with van der Waals surface area (Å²) in [6.45, 7) is 0.232. The molecule has 7 heteroatoms. The maximum atomic E-state index is 12.3. The van der Waals surface area contributed by atoms with E-state index in [-0.39, 0.29) is 18.9 Å². The SMILES string of the molecule is O=C(CCn1c(=O)oc2ccccc21)Nc1ccc(Oc2ccccc2Cl)cc1. The molecule has 0 radical (unpaired) electrons. The lowest BCUT2D eigenvalue weighted by atomic mass is 10.2. The molecule has 0 fully saturated rings. The summed E-state index contributed by atoms with van der Waals surface area (Å²) in [7, 11) is 0. The van der Waals surface area contributed by atoms with Crippen LogP contribution in [0.1, 0.15) is 6.42 Å². The molecular formula is C22H17ClN2O4. The van der Waals surface area contributed by atoms with Crippen LogP contribution in [-0.4, -0.2) is 10.5 Å². The summed E-state index contributed by atoms with van der Waals surface area (Å²) < 4.78 is 12.4. The van der Waals surface area contributed by atoms with Gasteiger partial charge in [-0.2, -0.15) is 0 Å². The van der Waals surface area contributed by atoms with Crippen LogP contribution in [-0.2, 0) is 11.3 Å². The zero-order valence-corrected chi connectivity index (χ0v) is 16.1. The van der Waals surface area contributed by atoms with Crippen molar-refractivity contribution in [2.45, 2.75) is 13.0 Å². The number of nitrogens with one attached hydrogen (secondary N) is 1. The van der Waals surface area contributed by atoms with Crippen molar-refractivity contribution in [3.63, 3.8) is 0 Å². The van der Waals surface area contributed by atoms with Crippen LogP contribution in [0.3, 0.4) is 0 Å². The van der Waals surface area contributed by atoms with Crippen LogP contribution in [0.15, 0.2) is 82.0 Å². The molecular weight excluding hydrogens is 392 g/mol. The Bertz CT molecular complexity index is 1210. The third-order valence-corrected chi connectivity index (χ3v) is 4.65. The van der Waals surface area contributed by atoms with Gasteiger partial charge in [-0.15, -0.1) is 0 Å². The van der Waals surface area contributed by atoms with Gasteiger partial charge in [0.25, 0.3) is 0 Å². The standard InChI is InChI=1S/C22H17ClN2O4/c23-17-5-1-3-7-19(17)28-16-11-9-15(10-12-16)24-21(26)13-14-25-18-6-2-4-8-20(18)29-22(25)27/h1-12H,13-14H2,(H,24,26). The smallest absolute Gasteiger partial charge is 0.419 e. The number of amides is 1. The Labute approximate surface area is 171 Å². The lowest BCUT2D eigenvalue weighted by Crippen LogP contribution is -2.19. The summed E-state index contributed by atoms with van der Waals surface area (Å²) in [5.74, 6) is 0.485. The monoisotopic (exact) mass is 408 g/mol. The molecule has 6 nitrogen and oxygen atoms in total. The van der Waals surface area contributed by atoms with E-state index in [2.05, 4.69) is 5.32 Å². The first kappa shape index (κ1) is 18.8. The van der Waals surface area contributed by atoms with E-state index in [0.717, 1.165) is 0 Å². The van der Waals surface area contributed by atoms with Gasteiger partial charge in [0.1, 0.15) is 11.5 Å². The summed E-state index contributed by atoms with van der Waals surface area (Å²) in [5, 5.41) is 3.33. The Balaban J connectivity index is 1.36. The van der Waals surface area contributed by atoms with E-state index in [1.807, 2.05) is 18.2 Å². The average molecular weight is 409 g/mol. The molecule has 1 heterocycles. The largest absolute Gasteiger partial charge is 0.456 e. The fraction of sp³-hybridized carbons (Fsp3) is 0.0909. The Kier molecular flexibility index (Phi) is 5.35. The summed E-state index contributed by atoms with van der Waals surface area (Å²) in [4.78, 5) is 24.2. The molecule has 29 heavy (non-hydrogen) atoms. The molecule has 4 rings (SSSR count). The first-order valence-electron chi connectivity index (χ1n) is 9.01. The minimum Gasteiger partial charge on any atom is -0.456 e. The fourth-order valence-electron chi connectivity index (χ4n) is 2.92. The normalized spacial score (nSPS) is 10.8. The number of benzene rings is 3. The van der Waals surface area contributed by atoms with Gasteiger partial charge in [-0.05, 0) is 48.5 Å². The number of hydrogen-bond acceptors (Lipinski definition) is 4. The maximum absolute atomic E-state index is 12.3. The van der Waals surface area contributed by atoms with Gasteiger partial charge in [0.05, 0.1) is 10.5 Å². The average Bonchev–Trinajstić information content (AvgIpc) is 3.04. The van der Waals surface area contributed by atoms with Gasteiger partial charge in [-0.3, -0.25) is 9.36 Å². The van der Waals surface area contributed by atoms with E-state index in [1.165, 1.54) is 4.57 Å². The molecule has 0 aliphatic heterocycles. The molecule has 0 atom stereocenters. The molecule has 146 valence electrons. The van der Waals surface area contributed by atoms with E-state index < -0.39 is 5.76 Å². The van der Waals surface area contributed by atoms with Crippen LogP contribution in [0, 0.1) is 0 Å². The minimum absolute atomic E-state index is 0.140. The third kappa shape index (κ3) is 4.33. The number of carbonyl (C=O) groups is 1. The highest BCUT2D eigenvalue weighted by atomic mass is 35.5. The van der Waals surface area contributed by atoms with Crippen LogP contribution in [0.2, 0.25) is 5.02 Å². The van der Waals surface area contributed by atoms with Gasteiger partial charge in [0.15, 0.2) is 5.58 Å². The topological polar surface area (TPSA) is 73.5 Å². The number of rotatable bonds is 6. The number of para-hydroxylation sites is 3. The van der Waals surface area contributed by atoms with Crippen LogP contribution in [0.5, 0.6) is 11.5 Å². The first-order valence-corrected chi connectivity index (χ1v) is 9.38. The van der Waals surface area contributed by atoms with Crippen molar-refractivity contribution in [3.8, 4) is 11.5 Å². The highest BCUT2D eigenvalue weighted by Gasteiger charge is 2.11. The molecule has 0 aliphatic rings. The van der Waals surface area contributed by atoms with Crippen molar-refractivity contribution in [2.75, 3.05) is 5.32 Å². The van der Waals surface area contributed by atoms with Gasteiger partial charge >= 0.3 is 5.76 Å². The molecule has 0 saturated carbocycles. The second-order valence-electron chi connectivity index (χ2n) is 6.34. The van der Waals surface area contributed by atoms with E-state index in [0.29, 0.717) is 33.3 Å². The number of carbonyl (C=O) groups excluding carboxylic acids is 1. The van der Waals surface area contributed by atoms with Crippen LogP contribution in [0.4, 0.5) is 5.69 Å². The van der Waals surface area contributed by atoms with E-state index in [1.54, 1.807) is 54.6 Å². The zero-order chi connectivity index (χ0) is 20.2. The van der Waals surface area contributed by atoms with Gasteiger partial charge in [0, 0.05) is 18.7 Å². The number of halogens is 1. The van der Waals surface area contributed by atoms with Gasteiger partial charge in [0.2, 0.25) is 5.91 Å². The summed E-state index contributed by atoms with van der Waals surface area (Å²) in [6.07, 6.45) is 0.140. The van der Waals surface area contributed by atoms with Gasteiger partial charge in [-0.25, -0.2) is 4.79 Å². The Morgan fingerprint density at radius 3 is 2.52 bits per heavy atom. The van der Waals surface area contributed by atoms with Crippen molar-refractivity contribution < 1.29 is 13.9 Å². The summed E-state index contributed by atoms with van der Waals surface area (Å²) in [6, 6.07) is 21.3. The molecule has 3 aromatic carbocycles. The molecule has 1 amide bonds. The number of fused-ring (bicyclic) bond motifs is 1. The number of aromatic nitrogens is 1. The Hall–Kier alpha value is -3.51. The summed E-state index contributed by atoms with van der Waals surface area (Å²) in [5.41, 5.74) is 1.81. The van der Waals surface area contributed by atoms with Crippen LogP contribution in [0.25, 0.3) is 11.1 Å². The highest BCUT2D eigenvalue weighted by molar-refractivity contribution is 6.32. The Morgan fingerprint density at radius 1 is 1.00 bits per heavy atom. The van der Waals surface area contributed by atoms with Crippen molar-refractivity contribution in [1.29, 1.82) is 0 Å². The van der Waals surface area contributed by atoms with Crippen molar-refractivity contribution >= 4 is 34.3 Å². The lowest BCUT2D eigenvalue weighted by molar-refractivity contribution is -0.116. The molecule has 0 unspecified atom stereocenters. The number of hydrogen-bond donors (Lipinski definition) is 1. The minimum atomic E-state index is -0.472. The molecule has 1 N–H and O–H groups in total. The number of anilines is 1. The highest BCUT2D eigenvalue weighted by Crippen LogP contribution is 2.29. The molecule has 0 aliphatic carbocycles. The summed E-state index contributed by atoms with van der Waals surface area (Å²) >= 11 is 6.09. The molecule has 0 spiro atoms.